The number of nitrogens with zero attached hydrogens (tertiary/aromatic N) is 3. The van der Waals surface area contributed by atoms with Gasteiger partial charge in [0.25, 0.3) is 5.91 Å². The summed E-state index contributed by atoms with van der Waals surface area (Å²) in [6.07, 6.45) is 0.732. The Labute approximate surface area is 219 Å². The monoisotopic (exact) mass is 515 g/mol. The van der Waals surface area contributed by atoms with E-state index >= 15 is 0 Å². The highest BCUT2D eigenvalue weighted by Crippen LogP contribution is 2.38. The quantitative estimate of drug-likeness (QED) is 0.381. The molecule has 6 rings (SSSR count). The molecule has 2 aliphatic heterocycles. The van der Waals surface area contributed by atoms with E-state index in [-0.39, 0.29) is 36.1 Å². The number of imidazole rings is 1. The van der Waals surface area contributed by atoms with Crippen molar-refractivity contribution in [3.8, 4) is 0 Å². The normalized spacial score (nSPS) is 20.0. The number of Topliss-reactive ketones (excluding diaryl/α,β-unsaturated/α-hetero) is 1. The number of para-hydroxylation sites is 2. The number of aromatic nitrogens is 3. The van der Waals surface area contributed by atoms with Crippen LogP contribution in [0.15, 0.2) is 48.5 Å². The minimum absolute atomic E-state index is 0.0201. The number of ketones is 1. The molecule has 0 spiro atoms. The van der Waals surface area contributed by atoms with Crippen molar-refractivity contribution < 1.29 is 18.8 Å². The van der Waals surface area contributed by atoms with E-state index in [1.165, 1.54) is 12.1 Å². The van der Waals surface area contributed by atoms with Gasteiger partial charge in [0.05, 0.1) is 34.7 Å². The van der Waals surface area contributed by atoms with E-state index in [9.17, 15) is 18.8 Å². The van der Waals surface area contributed by atoms with Gasteiger partial charge in [-0.05, 0) is 42.2 Å². The van der Waals surface area contributed by atoms with Crippen molar-refractivity contribution in [2.75, 3.05) is 13.1 Å². The number of carbonyl (C=O) groups is 3. The van der Waals surface area contributed by atoms with Crippen LogP contribution in [0.2, 0.25) is 0 Å². The molecule has 2 fully saturated rings. The molecule has 2 saturated heterocycles. The second-order valence-electron chi connectivity index (χ2n) is 11.5. The summed E-state index contributed by atoms with van der Waals surface area (Å²) in [6.45, 7) is 6.75. The minimum Gasteiger partial charge on any atom is -0.352 e. The van der Waals surface area contributed by atoms with Crippen molar-refractivity contribution >= 4 is 39.5 Å². The topological polar surface area (TPSA) is 102 Å². The zero-order valence-electron chi connectivity index (χ0n) is 21.6. The maximum absolute atomic E-state index is 14.2. The average Bonchev–Trinajstić information content (AvgIpc) is 3.67. The highest BCUT2D eigenvalue weighted by molar-refractivity contribution is 6.01. The van der Waals surface area contributed by atoms with E-state index in [2.05, 4.69) is 15.0 Å². The van der Waals surface area contributed by atoms with E-state index in [0.29, 0.717) is 41.9 Å². The summed E-state index contributed by atoms with van der Waals surface area (Å²) in [7, 11) is 0. The fraction of sp³-hybridized carbons (Fsp3) is 0.379. The lowest BCUT2D eigenvalue weighted by atomic mass is 9.76. The first-order chi connectivity index (χ1) is 18.1. The molecule has 8 nitrogen and oxygen atoms in total. The third-order valence-corrected chi connectivity index (χ3v) is 8.02. The summed E-state index contributed by atoms with van der Waals surface area (Å²) in [5.74, 6) is -1.09. The number of carbonyl (C=O) groups excluding carboxylic acids is 3. The summed E-state index contributed by atoms with van der Waals surface area (Å²) in [6, 6.07) is 13.5. The van der Waals surface area contributed by atoms with Gasteiger partial charge in [-0.25, -0.2) is 9.37 Å². The summed E-state index contributed by atoms with van der Waals surface area (Å²) in [4.78, 5) is 54.5. The van der Waals surface area contributed by atoms with Crippen molar-refractivity contribution in [2.24, 2.45) is 11.3 Å². The molecule has 196 valence electrons. The number of aromatic amines is 2. The van der Waals surface area contributed by atoms with Gasteiger partial charge in [-0.15, -0.1) is 0 Å². The van der Waals surface area contributed by atoms with Gasteiger partial charge in [-0.3, -0.25) is 14.4 Å². The first-order valence-electron chi connectivity index (χ1n) is 13.0. The van der Waals surface area contributed by atoms with Crippen molar-refractivity contribution in [1.82, 2.24) is 24.8 Å². The smallest absolute Gasteiger partial charge is 0.290 e. The minimum atomic E-state index is -0.551. The first-order valence-corrected chi connectivity index (χ1v) is 13.0. The molecule has 4 aromatic rings. The molecule has 4 heterocycles. The van der Waals surface area contributed by atoms with Crippen LogP contribution >= 0.6 is 0 Å². The second-order valence-corrected chi connectivity index (χ2v) is 11.5. The standard InChI is InChI=1S/C29H30FN5O3/c1-29(2,3)19(13-25(36)24-12-18-20(30)7-6-10-21(18)31-24)27(37)34-14-17-11-16(34)15-35(17)28(38)26-32-22-8-4-5-9-23(22)33-26/h4-10,12,16-17,19,31H,11,13-15H2,1-3H3,(H,32,33)/t16-,17-,19+/m0/s1. The van der Waals surface area contributed by atoms with E-state index in [1.54, 1.807) is 12.1 Å². The second kappa shape index (κ2) is 8.79. The summed E-state index contributed by atoms with van der Waals surface area (Å²) in [5, 5.41) is 0.362. The summed E-state index contributed by atoms with van der Waals surface area (Å²) >= 11 is 0. The largest absolute Gasteiger partial charge is 0.352 e. The van der Waals surface area contributed by atoms with Gasteiger partial charge >= 0.3 is 0 Å². The summed E-state index contributed by atoms with van der Waals surface area (Å²) in [5.41, 5.74) is 1.95. The number of fused-ring (bicyclic) bond motifs is 4. The molecule has 3 atom stereocenters. The maximum atomic E-state index is 14.2. The Morgan fingerprint density at radius 3 is 2.39 bits per heavy atom. The number of benzene rings is 2. The van der Waals surface area contributed by atoms with Crippen LogP contribution in [0.1, 0.15) is 54.7 Å². The van der Waals surface area contributed by atoms with Crippen LogP contribution in [0.4, 0.5) is 4.39 Å². The number of hydrogen-bond acceptors (Lipinski definition) is 4. The Morgan fingerprint density at radius 1 is 1.00 bits per heavy atom. The highest BCUT2D eigenvalue weighted by atomic mass is 19.1. The predicted molar refractivity (Wildman–Crippen MR) is 141 cm³/mol. The van der Waals surface area contributed by atoms with Crippen molar-refractivity contribution in [1.29, 1.82) is 0 Å². The Hall–Kier alpha value is -4.01. The molecule has 2 aromatic heterocycles. The zero-order valence-corrected chi connectivity index (χ0v) is 21.6. The fourth-order valence-electron chi connectivity index (χ4n) is 5.90. The third-order valence-electron chi connectivity index (χ3n) is 8.02. The molecule has 2 amide bonds. The number of halogens is 1. The number of H-pyrrole nitrogens is 2. The molecule has 2 bridgehead atoms. The SMILES string of the molecule is CC(C)(C)[C@H](CC(=O)c1cc2c(F)cccc2[nH]1)C(=O)N1C[C@@H]2C[C@H]1CN2C(=O)c1nc2ccccc2[nH]1. The number of rotatable bonds is 5. The Kier molecular flexibility index (Phi) is 5.63. The number of likely N-dealkylation sites (tertiary alicyclic amines) is 2. The Balaban J connectivity index is 1.17. The summed E-state index contributed by atoms with van der Waals surface area (Å²) < 4.78 is 14.2. The maximum Gasteiger partial charge on any atom is 0.290 e. The fourth-order valence-corrected chi connectivity index (χ4v) is 5.90. The molecule has 38 heavy (non-hydrogen) atoms. The number of hydrogen-bond donors (Lipinski definition) is 2. The Bertz CT molecular complexity index is 1550. The number of nitrogens with one attached hydrogen (secondary N) is 2. The van der Waals surface area contributed by atoms with Crippen molar-refractivity contribution in [2.45, 2.75) is 45.7 Å². The Morgan fingerprint density at radius 2 is 1.71 bits per heavy atom. The average molecular weight is 516 g/mol. The van der Waals surface area contributed by atoms with Crippen LogP contribution in [0.3, 0.4) is 0 Å². The molecule has 2 N–H and O–H groups in total. The first kappa shape index (κ1) is 24.3. The molecule has 0 aliphatic carbocycles. The van der Waals surface area contributed by atoms with Gasteiger partial charge in [0, 0.05) is 30.4 Å². The van der Waals surface area contributed by atoms with Crippen molar-refractivity contribution in [3.63, 3.8) is 0 Å². The van der Waals surface area contributed by atoms with Crippen LogP contribution in [-0.4, -0.2) is 67.5 Å². The van der Waals surface area contributed by atoms with E-state index in [0.717, 1.165) is 11.0 Å². The highest BCUT2D eigenvalue weighted by Gasteiger charge is 2.50. The van der Waals surface area contributed by atoms with Gasteiger partial charge in [-0.2, -0.15) is 0 Å². The van der Waals surface area contributed by atoms with Crippen LogP contribution < -0.4 is 0 Å². The third kappa shape index (κ3) is 4.06. The predicted octanol–water partition coefficient (Wildman–Crippen LogP) is 4.54. The van der Waals surface area contributed by atoms with E-state index in [1.807, 2.05) is 54.8 Å². The molecule has 9 heteroatoms. The van der Waals surface area contributed by atoms with E-state index in [4.69, 9.17) is 0 Å². The van der Waals surface area contributed by atoms with Crippen LogP contribution in [0, 0.1) is 17.2 Å². The van der Waals surface area contributed by atoms with Gasteiger partial charge in [0.1, 0.15) is 5.82 Å². The van der Waals surface area contributed by atoms with Gasteiger partial charge < -0.3 is 19.8 Å². The van der Waals surface area contributed by atoms with Crippen LogP contribution in [-0.2, 0) is 4.79 Å². The molecular weight excluding hydrogens is 485 g/mol. The zero-order chi connectivity index (χ0) is 26.8. The van der Waals surface area contributed by atoms with Gasteiger partial charge in [-0.1, -0.05) is 39.0 Å². The molecule has 2 aromatic carbocycles. The molecule has 0 unspecified atom stereocenters. The van der Waals surface area contributed by atoms with Gasteiger partial charge in [0.2, 0.25) is 5.91 Å². The van der Waals surface area contributed by atoms with Gasteiger partial charge in [0.15, 0.2) is 11.6 Å². The molecule has 0 saturated carbocycles. The lowest BCUT2D eigenvalue weighted by Crippen LogP contribution is -2.53. The molecular formula is C29H30FN5O3. The van der Waals surface area contributed by atoms with Crippen LogP contribution in [0.25, 0.3) is 21.9 Å². The van der Waals surface area contributed by atoms with Crippen LogP contribution in [0.5, 0.6) is 0 Å². The lowest BCUT2D eigenvalue weighted by Gasteiger charge is -2.38. The number of piperazine rings is 1. The van der Waals surface area contributed by atoms with E-state index < -0.39 is 17.2 Å². The molecule has 0 radical (unpaired) electrons. The van der Waals surface area contributed by atoms with Crippen molar-refractivity contribution in [3.05, 3.63) is 65.9 Å². The number of amides is 2. The lowest BCUT2D eigenvalue weighted by molar-refractivity contribution is -0.141. The molecule has 2 aliphatic rings.